The molecule has 5 N–H and O–H groups in total. The van der Waals surface area contributed by atoms with Gasteiger partial charge in [-0.25, -0.2) is 15.9 Å². The Bertz CT molecular complexity index is 1020. The second-order valence-electron chi connectivity index (χ2n) is 9.87. The molecule has 0 aromatic heterocycles. The number of aliphatic imine (C=N–C) groups is 1. The monoisotopic (exact) mass is 481 g/mol. The van der Waals surface area contributed by atoms with E-state index in [0.717, 1.165) is 25.3 Å². The van der Waals surface area contributed by atoms with E-state index in [-0.39, 0.29) is 41.2 Å². The molecule has 1 aromatic carbocycles. The molecule has 5 aliphatic rings. The molecule has 6 rings (SSSR count). The van der Waals surface area contributed by atoms with Gasteiger partial charge < -0.3 is 10.7 Å². The van der Waals surface area contributed by atoms with Gasteiger partial charge in [0.15, 0.2) is 0 Å². The van der Waals surface area contributed by atoms with Crippen molar-refractivity contribution in [3.05, 3.63) is 29.3 Å². The van der Waals surface area contributed by atoms with Crippen LogP contribution in [0.25, 0.3) is 0 Å². The molecule has 4 heterocycles. The van der Waals surface area contributed by atoms with Crippen LogP contribution in [0, 0.1) is 29.1 Å². The highest BCUT2D eigenvalue weighted by Gasteiger charge is 2.50. The highest BCUT2D eigenvalue weighted by atomic mass is 32.2. The van der Waals surface area contributed by atoms with Crippen molar-refractivity contribution in [1.82, 2.24) is 31.0 Å². The summed E-state index contributed by atoms with van der Waals surface area (Å²) in [6.07, 6.45) is 4.44. The Morgan fingerprint density at radius 2 is 2.12 bits per heavy atom. The maximum atomic E-state index is 13.5. The molecule has 1 aromatic rings. The van der Waals surface area contributed by atoms with Crippen molar-refractivity contribution in [1.29, 1.82) is 5.26 Å². The third-order valence-electron chi connectivity index (χ3n) is 7.47. The summed E-state index contributed by atoms with van der Waals surface area (Å²) in [4.78, 5) is 18.1. The number of fused-ring (bicyclic) bond motifs is 1. The van der Waals surface area contributed by atoms with Crippen LogP contribution >= 0.6 is 11.9 Å². The first-order valence-electron chi connectivity index (χ1n) is 12.1. The van der Waals surface area contributed by atoms with E-state index >= 15 is 0 Å². The molecule has 4 aliphatic heterocycles. The van der Waals surface area contributed by atoms with Crippen molar-refractivity contribution in [2.45, 2.75) is 49.3 Å². The van der Waals surface area contributed by atoms with Crippen LogP contribution in [0.5, 0.6) is 0 Å². The van der Waals surface area contributed by atoms with E-state index in [1.807, 2.05) is 5.12 Å². The van der Waals surface area contributed by atoms with Crippen LogP contribution in [0.15, 0.2) is 23.2 Å². The van der Waals surface area contributed by atoms with E-state index in [0.29, 0.717) is 12.3 Å². The Kier molecular flexibility index (Phi) is 5.97. The summed E-state index contributed by atoms with van der Waals surface area (Å²) in [6.45, 7) is 2.49. The van der Waals surface area contributed by atoms with Gasteiger partial charge >= 0.3 is 0 Å². The topological polar surface area (TPSA) is 120 Å². The molecular formula is C23H31N9OS. The first kappa shape index (κ1) is 22.3. The lowest BCUT2D eigenvalue weighted by molar-refractivity contribution is -0.122. The lowest BCUT2D eigenvalue weighted by Crippen LogP contribution is -2.53. The molecule has 1 aliphatic carbocycles. The van der Waals surface area contributed by atoms with Crippen molar-refractivity contribution < 1.29 is 4.79 Å². The standard InChI is InChI=1S/C23H31N9OS/c1-31-12-17-16(3-2-4-18(17)29-31)20-19(13-5-6-13)21(34-30-20)23(33)28-15-9-14(10-24)22(25-11-15)32-26-7-8-27-32/h2-4,11,13-15,19-22,26-27,29-30H,5-9,12H2,1H3,(H,28,33). The average Bonchev–Trinajstić information content (AvgIpc) is 3.23. The van der Waals surface area contributed by atoms with Gasteiger partial charge in [-0.2, -0.15) is 10.4 Å². The number of carbonyl (C=O) groups is 1. The number of nitriles is 1. The number of hydrogen-bond donors (Lipinski definition) is 5. The molecule has 11 heteroatoms. The van der Waals surface area contributed by atoms with Gasteiger partial charge in [0.25, 0.3) is 0 Å². The minimum atomic E-state index is -0.300. The normalized spacial score (nSPS) is 35.6. The highest BCUT2D eigenvalue weighted by molar-refractivity contribution is 7.99. The van der Waals surface area contributed by atoms with Gasteiger partial charge in [-0.15, -0.1) is 0 Å². The van der Waals surface area contributed by atoms with E-state index in [1.165, 1.54) is 24.0 Å². The number of hydrogen-bond acceptors (Lipinski definition) is 10. The lowest BCUT2D eigenvalue weighted by Gasteiger charge is -2.33. The summed E-state index contributed by atoms with van der Waals surface area (Å²) >= 11 is 1.56. The van der Waals surface area contributed by atoms with Crippen LogP contribution in [-0.2, 0) is 11.3 Å². The van der Waals surface area contributed by atoms with E-state index < -0.39 is 0 Å². The van der Waals surface area contributed by atoms with E-state index in [1.54, 1.807) is 18.2 Å². The Morgan fingerprint density at radius 1 is 1.29 bits per heavy atom. The second kappa shape index (κ2) is 9.11. The smallest absolute Gasteiger partial charge is 0.235 e. The van der Waals surface area contributed by atoms with Crippen LogP contribution < -0.4 is 26.3 Å². The fourth-order valence-corrected chi connectivity index (χ4v) is 7.00. The molecule has 6 unspecified atom stereocenters. The fraction of sp³-hybridized carbons (Fsp3) is 0.609. The number of nitrogens with one attached hydrogen (secondary N) is 5. The van der Waals surface area contributed by atoms with Gasteiger partial charge in [0, 0.05) is 44.9 Å². The lowest BCUT2D eigenvalue weighted by atomic mass is 9.84. The zero-order valence-electron chi connectivity index (χ0n) is 19.2. The van der Waals surface area contributed by atoms with Gasteiger partial charge in [-0.3, -0.25) is 14.5 Å². The summed E-state index contributed by atoms with van der Waals surface area (Å²) < 4.78 is 3.62. The molecular weight excluding hydrogens is 450 g/mol. The summed E-state index contributed by atoms with van der Waals surface area (Å²) in [5, 5.41) is 16.7. The summed E-state index contributed by atoms with van der Waals surface area (Å²) in [5.74, 6) is 0.560. The van der Waals surface area contributed by atoms with Crippen LogP contribution in [-0.4, -0.2) is 59.8 Å². The number of hydrazine groups is 3. The van der Waals surface area contributed by atoms with Crippen LogP contribution in [0.3, 0.4) is 0 Å². The molecule has 3 fully saturated rings. The average molecular weight is 482 g/mol. The largest absolute Gasteiger partial charge is 0.347 e. The van der Waals surface area contributed by atoms with Gasteiger partial charge in [-0.05, 0) is 42.4 Å². The molecule has 180 valence electrons. The fourth-order valence-electron chi connectivity index (χ4n) is 5.71. The Balaban J connectivity index is 1.17. The zero-order chi connectivity index (χ0) is 23.2. The molecule has 1 amide bonds. The second-order valence-corrected chi connectivity index (χ2v) is 10.9. The maximum Gasteiger partial charge on any atom is 0.235 e. The molecule has 6 atom stereocenters. The van der Waals surface area contributed by atoms with Crippen LogP contribution in [0.4, 0.5) is 5.69 Å². The summed E-state index contributed by atoms with van der Waals surface area (Å²) in [6, 6.07) is 8.74. The van der Waals surface area contributed by atoms with E-state index in [4.69, 9.17) is 0 Å². The van der Waals surface area contributed by atoms with Crippen molar-refractivity contribution in [3.63, 3.8) is 0 Å². The Morgan fingerprint density at radius 3 is 2.88 bits per heavy atom. The minimum Gasteiger partial charge on any atom is -0.347 e. The van der Waals surface area contributed by atoms with E-state index in [2.05, 4.69) is 67.6 Å². The van der Waals surface area contributed by atoms with Crippen molar-refractivity contribution >= 4 is 29.8 Å². The first-order valence-corrected chi connectivity index (χ1v) is 13.0. The van der Waals surface area contributed by atoms with Crippen molar-refractivity contribution in [3.8, 4) is 6.07 Å². The number of carbonyl (C=O) groups excluding carboxylic acids is 1. The van der Waals surface area contributed by atoms with Crippen molar-refractivity contribution in [2.24, 2.45) is 22.7 Å². The van der Waals surface area contributed by atoms with E-state index in [9.17, 15) is 10.1 Å². The molecule has 1 saturated carbocycles. The van der Waals surface area contributed by atoms with Crippen LogP contribution in [0.1, 0.15) is 36.4 Å². The van der Waals surface area contributed by atoms with Crippen LogP contribution in [0.2, 0.25) is 0 Å². The number of benzene rings is 1. The molecule has 2 saturated heterocycles. The molecule has 34 heavy (non-hydrogen) atoms. The number of anilines is 1. The third-order valence-corrected chi connectivity index (χ3v) is 8.64. The van der Waals surface area contributed by atoms with Gasteiger partial charge in [0.05, 0.1) is 23.7 Å². The third kappa shape index (κ3) is 4.08. The Hall–Kier alpha value is -2.20. The minimum absolute atomic E-state index is 0.0451. The predicted octanol–water partition coefficient (Wildman–Crippen LogP) is 0.896. The van der Waals surface area contributed by atoms with Crippen molar-refractivity contribution in [2.75, 3.05) is 25.6 Å². The van der Waals surface area contributed by atoms with Gasteiger partial charge in [-0.1, -0.05) is 24.1 Å². The number of nitrogens with zero attached hydrogens (tertiary/aromatic N) is 4. The molecule has 0 spiro atoms. The zero-order valence-corrected chi connectivity index (χ0v) is 20.0. The first-order chi connectivity index (χ1) is 16.6. The Labute approximate surface area is 203 Å². The van der Waals surface area contributed by atoms with Gasteiger partial charge in [0.1, 0.15) is 11.4 Å². The number of amides is 1. The summed E-state index contributed by atoms with van der Waals surface area (Å²) in [7, 11) is 2.05. The maximum absolute atomic E-state index is 13.5. The molecule has 0 bridgehead atoms. The quantitative estimate of drug-likeness (QED) is 0.391. The molecule has 10 nitrogen and oxygen atoms in total. The highest BCUT2D eigenvalue weighted by Crippen LogP contribution is 2.53. The predicted molar refractivity (Wildman–Crippen MR) is 131 cm³/mol. The summed E-state index contributed by atoms with van der Waals surface area (Å²) in [5.41, 5.74) is 13.6. The number of rotatable bonds is 5. The SMILES string of the molecule is CN1Cc2c(cccc2C2NSC(C(=O)NC3C=NC(N4NCCN4)C(C#N)C3)C2C2CC2)N1. The molecule has 0 radical (unpaired) electrons. The van der Waals surface area contributed by atoms with Gasteiger partial charge in [0.2, 0.25) is 5.91 Å².